The molecule has 2 heterocycles. The van der Waals surface area contributed by atoms with Crippen LogP contribution < -0.4 is 0 Å². The maximum absolute atomic E-state index is 13.6. The van der Waals surface area contributed by atoms with Gasteiger partial charge in [0.25, 0.3) is 0 Å². The van der Waals surface area contributed by atoms with Gasteiger partial charge in [-0.25, -0.2) is 0 Å². The molecule has 4 nitrogen and oxygen atoms in total. The zero-order valence-electron chi connectivity index (χ0n) is 14.9. The smallest absolute Gasteiger partial charge is 0.416 e. The lowest BCUT2D eigenvalue weighted by Gasteiger charge is -2.37. The number of carboxylic acids is 1. The second-order valence-corrected chi connectivity index (χ2v) is 6.84. The maximum atomic E-state index is 13.6. The molecule has 0 aliphatic carbocycles. The topological polar surface area (TPSA) is 53.4 Å². The van der Waals surface area contributed by atoms with Gasteiger partial charge >= 0.3 is 12.1 Å². The quantitative estimate of drug-likeness (QED) is 0.862. The number of piperidine rings is 1. The summed E-state index contributed by atoms with van der Waals surface area (Å²) in [6.07, 6.45) is -3.66. The molecule has 27 heavy (non-hydrogen) atoms. The summed E-state index contributed by atoms with van der Waals surface area (Å²) in [4.78, 5) is 17.6. The third kappa shape index (κ3) is 4.30. The van der Waals surface area contributed by atoms with Gasteiger partial charge in [-0.3, -0.25) is 14.7 Å². The van der Waals surface area contributed by atoms with Crippen LogP contribution in [0, 0.1) is 12.8 Å². The summed E-state index contributed by atoms with van der Waals surface area (Å²) in [5.41, 5.74) is 0.735. The number of rotatable bonds is 4. The molecule has 0 bridgehead atoms. The van der Waals surface area contributed by atoms with Crippen LogP contribution in [0.3, 0.4) is 0 Å². The van der Waals surface area contributed by atoms with Crippen molar-refractivity contribution in [1.82, 2.24) is 9.88 Å². The molecule has 1 saturated heterocycles. The Balaban J connectivity index is 2.04. The Kier molecular flexibility index (Phi) is 5.51. The van der Waals surface area contributed by atoms with Gasteiger partial charge in [-0.1, -0.05) is 24.3 Å². The molecule has 0 radical (unpaired) electrons. The number of benzene rings is 1. The first-order chi connectivity index (χ1) is 12.8. The Morgan fingerprint density at radius 3 is 2.41 bits per heavy atom. The van der Waals surface area contributed by atoms with Crippen LogP contribution in [0.5, 0.6) is 0 Å². The van der Waals surface area contributed by atoms with Crippen molar-refractivity contribution in [3.05, 3.63) is 65.0 Å². The third-order valence-corrected chi connectivity index (χ3v) is 4.99. The maximum Gasteiger partial charge on any atom is 0.416 e. The van der Waals surface area contributed by atoms with E-state index in [9.17, 15) is 23.1 Å². The molecular weight excluding hydrogens is 357 g/mol. The molecule has 0 saturated carbocycles. The van der Waals surface area contributed by atoms with Gasteiger partial charge in [0, 0.05) is 5.69 Å². The SMILES string of the molecule is Cc1cccc(C(c2ccccc2C(F)(F)F)N2CCC(C(=O)O)CC2)n1. The van der Waals surface area contributed by atoms with Crippen molar-refractivity contribution in [2.45, 2.75) is 32.0 Å². The number of alkyl halides is 3. The van der Waals surface area contributed by atoms with Crippen molar-refractivity contribution in [1.29, 1.82) is 0 Å². The van der Waals surface area contributed by atoms with Crippen molar-refractivity contribution >= 4 is 5.97 Å². The number of halogens is 3. The number of hydrogen-bond donors (Lipinski definition) is 1. The van der Waals surface area contributed by atoms with Crippen molar-refractivity contribution in [2.24, 2.45) is 5.92 Å². The number of likely N-dealkylation sites (tertiary alicyclic amines) is 1. The molecule has 1 aromatic heterocycles. The van der Waals surface area contributed by atoms with Crippen LogP contribution in [0.15, 0.2) is 42.5 Å². The lowest BCUT2D eigenvalue weighted by molar-refractivity contribution is -0.143. The zero-order valence-corrected chi connectivity index (χ0v) is 14.9. The summed E-state index contributed by atoms with van der Waals surface area (Å²) in [6.45, 7) is 2.61. The van der Waals surface area contributed by atoms with Gasteiger partial charge in [-0.15, -0.1) is 0 Å². The highest BCUT2D eigenvalue weighted by molar-refractivity contribution is 5.70. The van der Waals surface area contributed by atoms with Gasteiger partial charge in [0.05, 0.1) is 23.2 Å². The van der Waals surface area contributed by atoms with Crippen LogP contribution in [0.25, 0.3) is 0 Å². The van der Waals surface area contributed by atoms with Gasteiger partial charge in [0.2, 0.25) is 0 Å². The first kappa shape index (κ1) is 19.4. The van der Waals surface area contributed by atoms with Crippen LogP contribution in [0.4, 0.5) is 13.2 Å². The van der Waals surface area contributed by atoms with E-state index in [0.29, 0.717) is 31.6 Å². The molecule has 0 amide bonds. The van der Waals surface area contributed by atoms with E-state index in [-0.39, 0.29) is 5.56 Å². The second-order valence-electron chi connectivity index (χ2n) is 6.84. The molecule has 2 aromatic rings. The van der Waals surface area contributed by atoms with Crippen LogP contribution in [-0.4, -0.2) is 34.0 Å². The van der Waals surface area contributed by atoms with Gasteiger partial charge < -0.3 is 5.11 Å². The van der Waals surface area contributed by atoms with Crippen LogP contribution >= 0.6 is 0 Å². The normalized spacial score (nSPS) is 17.6. The minimum atomic E-state index is -4.47. The van der Waals surface area contributed by atoms with E-state index in [4.69, 9.17) is 0 Å². The predicted molar refractivity (Wildman–Crippen MR) is 94.2 cm³/mol. The van der Waals surface area contributed by atoms with E-state index in [1.54, 1.807) is 31.2 Å². The number of aromatic nitrogens is 1. The van der Waals surface area contributed by atoms with Gasteiger partial charge in [0.1, 0.15) is 0 Å². The lowest BCUT2D eigenvalue weighted by atomic mass is 9.91. The second kappa shape index (κ2) is 7.68. The summed E-state index contributed by atoms with van der Waals surface area (Å²) in [5.74, 6) is -1.30. The predicted octanol–water partition coefficient (Wildman–Crippen LogP) is 4.29. The summed E-state index contributed by atoms with van der Waals surface area (Å²) >= 11 is 0. The van der Waals surface area contributed by atoms with E-state index in [1.165, 1.54) is 12.1 Å². The number of nitrogens with zero attached hydrogens (tertiary/aromatic N) is 2. The minimum Gasteiger partial charge on any atom is -0.481 e. The highest BCUT2D eigenvalue weighted by atomic mass is 19.4. The largest absolute Gasteiger partial charge is 0.481 e. The number of hydrogen-bond acceptors (Lipinski definition) is 3. The third-order valence-electron chi connectivity index (χ3n) is 4.99. The van der Waals surface area contributed by atoms with Crippen molar-refractivity contribution < 1.29 is 23.1 Å². The molecule has 1 aliphatic heterocycles. The molecule has 1 N–H and O–H groups in total. The first-order valence-electron chi connectivity index (χ1n) is 8.84. The molecule has 1 fully saturated rings. The Morgan fingerprint density at radius 1 is 1.15 bits per heavy atom. The molecule has 1 aliphatic rings. The number of carbonyl (C=O) groups is 1. The minimum absolute atomic E-state index is 0.150. The van der Waals surface area contributed by atoms with Gasteiger partial charge in [0.15, 0.2) is 0 Å². The summed E-state index contributed by atoms with van der Waals surface area (Å²) in [7, 11) is 0. The van der Waals surface area contributed by atoms with Gasteiger partial charge in [-0.05, 0) is 56.6 Å². The molecule has 1 aromatic carbocycles. The van der Waals surface area contributed by atoms with Crippen molar-refractivity contribution in [2.75, 3.05) is 13.1 Å². The Bertz CT molecular complexity index is 815. The number of aliphatic carboxylic acids is 1. The van der Waals surface area contributed by atoms with E-state index < -0.39 is 29.7 Å². The van der Waals surface area contributed by atoms with Crippen molar-refractivity contribution in [3.8, 4) is 0 Å². The molecule has 1 atom stereocenters. The van der Waals surface area contributed by atoms with Crippen molar-refractivity contribution in [3.63, 3.8) is 0 Å². The fraction of sp³-hybridized carbons (Fsp3) is 0.400. The van der Waals surface area contributed by atoms with E-state index in [2.05, 4.69) is 4.98 Å². The zero-order chi connectivity index (χ0) is 19.6. The number of carboxylic acid groups (broad SMARTS) is 1. The molecule has 3 rings (SSSR count). The highest BCUT2D eigenvalue weighted by Crippen LogP contribution is 2.39. The molecule has 1 unspecified atom stereocenters. The Labute approximate surface area is 155 Å². The van der Waals surface area contributed by atoms with E-state index >= 15 is 0 Å². The molecule has 7 heteroatoms. The average molecular weight is 378 g/mol. The fourth-order valence-corrected chi connectivity index (χ4v) is 3.66. The highest BCUT2D eigenvalue weighted by Gasteiger charge is 2.38. The summed E-state index contributed by atoms with van der Waals surface area (Å²) in [5, 5.41) is 9.20. The van der Waals surface area contributed by atoms with Crippen LogP contribution in [0.1, 0.15) is 41.4 Å². The fourth-order valence-electron chi connectivity index (χ4n) is 3.66. The monoisotopic (exact) mass is 378 g/mol. The number of aryl methyl sites for hydroxylation is 1. The number of pyridine rings is 1. The molecule has 0 spiro atoms. The molecule has 144 valence electrons. The molecular formula is C20H21F3N2O2. The van der Waals surface area contributed by atoms with E-state index in [0.717, 1.165) is 11.8 Å². The lowest BCUT2D eigenvalue weighted by Crippen LogP contribution is -2.40. The first-order valence-corrected chi connectivity index (χ1v) is 8.84. The Hall–Kier alpha value is -2.41. The van der Waals surface area contributed by atoms with Crippen LogP contribution in [0.2, 0.25) is 0 Å². The summed E-state index contributed by atoms with van der Waals surface area (Å²) < 4.78 is 40.9. The van der Waals surface area contributed by atoms with E-state index in [1.807, 2.05) is 4.90 Å². The average Bonchev–Trinajstić information content (AvgIpc) is 2.62. The van der Waals surface area contributed by atoms with Gasteiger partial charge in [-0.2, -0.15) is 13.2 Å². The Morgan fingerprint density at radius 2 is 1.81 bits per heavy atom. The standard InChI is InChI=1S/C20H21F3N2O2/c1-13-5-4-8-17(24-13)18(25-11-9-14(10-12-25)19(26)27)15-6-2-3-7-16(15)20(21,22)23/h2-8,14,18H,9-12H2,1H3,(H,26,27). The summed E-state index contributed by atoms with van der Waals surface area (Å²) in [6, 6.07) is 10.2. The van der Waals surface area contributed by atoms with Crippen LogP contribution in [-0.2, 0) is 11.0 Å².